The Balaban J connectivity index is 3.00. The van der Waals surface area contributed by atoms with Crippen molar-refractivity contribution in [1.29, 1.82) is 5.26 Å². The number of benzene rings is 1. The molecule has 2 atom stereocenters. The van der Waals surface area contributed by atoms with Gasteiger partial charge in [0.1, 0.15) is 11.8 Å². The lowest BCUT2D eigenvalue weighted by molar-refractivity contribution is 0.248. The molecule has 0 aliphatic heterocycles. The van der Waals surface area contributed by atoms with E-state index >= 15 is 0 Å². The average molecular weight is 239 g/mol. The zero-order chi connectivity index (χ0) is 12.1. The molecular formula is C12H15ClN2O. The number of nitrogens with two attached hydrogens (primary N) is 1. The number of nitrogens with zero attached hydrogens (tertiary/aromatic N) is 1. The van der Waals surface area contributed by atoms with E-state index in [0.29, 0.717) is 17.2 Å². The Morgan fingerprint density at radius 2 is 2.25 bits per heavy atom. The maximum absolute atomic E-state index is 8.84. The van der Waals surface area contributed by atoms with Crippen molar-refractivity contribution in [1.82, 2.24) is 0 Å². The molecule has 2 N–H and O–H groups in total. The number of ether oxygens (including phenoxy) is 1. The van der Waals surface area contributed by atoms with Gasteiger partial charge in [-0.05, 0) is 31.5 Å². The van der Waals surface area contributed by atoms with Gasteiger partial charge in [-0.15, -0.1) is 0 Å². The van der Waals surface area contributed by atoms with E-state index in [1.54, 1.807) is 18.2 Å². The van der Waals surface area contributed by atoms with Crippen LogP contribution in [0.5, 0.6) is 5.75 Å². The predicted molar refractivity (Wildman–Crippen MR) is 64.4 cm³/mol. The molecule has 0 aromatic heterocycles. The Kier molecular flexibility index (Phi) is 4.60. The second-order valence-electron chi connectivity index (χ2n) is 3.61. The van der Waals surface area contributed by atoms with Gasteiger partial charge in [-0.3, -0.25) is 0 Å². The van der Waals surface area contributed by atoms with Crippen LogP contribution >= 0.6 is 11.6 Å². The lowest BCUT2D eigenvalue weighted by Crippen LogP contribution is -2.15. The van der Waals surface area contributed by atoms with Gasteiger partial charge in [-0.2, -0.15) is 5.26 Å². The third kappa shape index (κ3) is 3.13. The molecule has 0 aliphatic carbocycles. The first kappa shape index (κ1) is 12.8. The van der Waals surface area contributed by atoms with E-state index in [1.807, 2.05) is 13.8 Å². The Morgan fingerprint density at radius 1 is 1.56 bits per heavy atom. The lowest BCUT2D eigenvalue weighted by atomic mass is 10.1. The summed E-state index contributed by atoms with van der Waals surface area (Å²) >= 11 is 5.89. The van der Waals surface area contributed by atoms with E-state index in [-0.39, 0.29) is 6.04 Å². The normalized spacial score (nSPS) is 13.9. The number of hydrogen-bond acceptors (Lipinski definition) is 3. The summed E-state index contributed by atoms with van der Waals surface area (Å²) in [7, 11) is 0. The van der Waals surface area contributed by atoms with Crippen LogP contribution in [0.15, 0.2) is 18.2 Å². The molecule has 0 radical (unpaired) electrons. The molecule has 1 aromatic carbocycles. The Labute approximate surface area is 101 Å². The number of hydrogen-bond donors (Lipinski definition) is 1. The van der Waals surface area contributed by atoms with Gasteiger partial charge >= 0.3 is 0 Å². The minimum Gasteiger partial charge on any atom is -0.475 e. The highest BCUT2D eigenvalue weighted by Crippen LogP contribution is 2.28. The highest BCUT2D eigenvalue weighted by molar-refractivity contribution is 6.30. The van der Waals surface area contributed by atoms with Crippen LogP contribution in [-0.4, -0.2) is 6.10 Å². The standard InChI is InChI=1S/C12H15ClN2O/c1-3-10(7-14)16-12-5-4-9(13)6-11(12)8(2)15/h4-6,8,10H,3,15H2,1-2H3. The van der Waals surface area contributed by atoms with E-state index in [4.69, 9.17) is 27.3 Å². The molecule has 2 unspecified atom stereocenters. The average Bonchev–Trinajstić information content (AvgIpc) is 2.27. The van der Waals surface area contributed by atoms with Crippen LogP contribution in [0, 0.1) is 11.3 Å². The van der Waals surface area contributed by atoms with Crippen molar-refractivity contribution < 1.29 is 4.74 Å². The summed E-state index contributed by atoms with van der Waals surface area (Å²) < 4.78 is 5.56. The summed E-state index contributed by atoms with van der Waals surface area (Å²) in [5.41, 5.74) is 6.64. The summed E-state index contributed by atoms with van der Waals surface area (Å²) in [5.74, 6) is 0.632. The van der Waals surface area contributed by atoms with Crippen LogP contribution < -0.4 is 10.5 Å². The minimum atomic E-state index is -0.446. The van der Waals surface area contributed by atoms with E-state index in [1.165, 1.54) is 0 Å². The Bertz CT molecular complexity index is 398. The second kappa shape index (κ2) is 5.74. The molecule has 0 saturated heterocycles. The maximum Gasteiger partial charge on any atom is 0.184 e. The summed E-state index contributed by atoms with van der Waals surface area (Å²) in [6, 6.07) is 7.16. The molecule has 0 fully saturated rings. The molecule has 0 saturated carbocycles. The van der Waals surface area contributed by atoms with E-state index in [0.717, 1.165) is 5.56 Å². The van der Waals surface area contributed by atoms with Crippen LogP contribution in [0.3, 0.4) is 0 Å². The van der Waals surface area contributed by atoms with Gasteiger partial charge in [0, 0.05) is 16.6 Å². The fraction of sp³-hybridized carbons (Fsp3) is 0.417. The summed E-state index contributed by atoms with van der Waals surface area (Å²) in [6.45, 7) is 3.75. The van der Waals surface area contributed by atoms with Gasteiger partial charge in [-0.25, -0.2) is 0 Å². The second-order valence-corrected chi connectivity index (χ2v) is 4.05. The highest BCUT2D eigenvalue weighted by Gasteiger charge is 2.13. The van der Waals surface area contributed by atoms with E-state index < -0.39 is 6.10 Å². The molecule has 0 spiro atoms. The third-order valence-corrected chi connectivity index (χ3v) is 2.48. The van der Waals surface area contributed by atoms with Crippen LogP contribution in [0.1, 0.15) is 31.9 Å². The fourth-order valence-corrected chi connectivity index (χ4v) is 1.52. The van der Waals surface area contributed by atoms with Gasteiger partial charge in [0.05, 0.1) is 0 Å². The van der Waals surface area contributed by atoms with Crippen molar-refractivity contribution >= 4 is 11.6 Å². The molecule has 3 nitrogen and oxygen atoms in total. The van der Waals surface area contributed by atoms with Crippen molar-refractivity contribution in [2.75, 3.05) is 0 Å². The monoisotopic (exact) mass is 238 g/mol. The minimum absolute atomic E-state index is 0.176. The molecular weight excluding hydrogens is 224 g/mol. The summed E-state index contributed by atoms with van der Waals surface area (Å²) in [4.78, 5) is 0. The topological polar surface area (TPSA) is 59.0 Å². The first-order chi connectivity index (χ1) is 7.58. The van der Waals surface area contributed by atoms with Gasteiger partial charge in [0.15, 0.2) is 6.10 Å². The Hall–Kier alpha value is -1.24. The summed E-state index contributed by atoms with van der Waals surface area (Å²) in [6.07, 6.45) is 0.191. The lowest BCUT2D eigenvalue weighted by Gasteiger charge is -2.16. The van der Waals surface area contributed by atoms with Crippen LogP contribution in [0.4, 0.5) is 0 Å². The SMILES string of the molecule is CCC(C#N)Oc1ccc(Cl)cc1C(C)N. The first-order valence-electron chi connectivity index (χ1n) is 5.19. The van der Waals surface area contributed by atoms with Gasteiger partial charge in [-0.1, -0.05) is 18.5 Å². The van der Waals surface area contributed by atoms with E-state index in [2.05, 4.69) is 6.07 Å². The molecule has 1 aromatic rings. The molecule has 0 bridgehead atoms. The van der Waals surface area contributed by atoms with Crippen molar-refractivity contribution in [2.45, 2.75) is 32.4 Å². The van der Waals surface area contributed by atoms with Crippen LogP contribution in [0.25, 0.3) is 0 Å². The predicted octanol–water partition coefficient (Wildman–Crippen LogP) is 3.04. The zero-order valence-corrected chi connectivity index (χ0v) is 10.2. The molecule has 1 rings (SSSR count). The largest absolute Gasteiger partial charge is 0.475 e. The smallest absolute Gasteiger partial charge is 0.184 e. The quantitative estimate of drug-likeness (QED) is 0.877. The highest BCUT2D eigenvalue weighted by atomic mass is 35.5. The fourth-order valence-electron chi connectivity index (χ4n) is 1.34. The first-order valence-corrected chi connectivity index (χ1v) is 5.57. The third-order valence-electron chi connectivity index (χ3n) is 2.25. The van der Waals surface area contributed by atoms with Crippen LogP contribution in [-0.2, 0) is 0 Å². The van der Waals surface area contributed by atoms with E-state index in [9.17, 15) is 0 Å². The van der Waals surface area contributed by atoms with Crippen molar-refractivity contribution in [3.63, 3.8) is 0 Å². The van der Waals surface area contributed by atoms with Gasteiger partial charge in [0.2, 0.25) is 0 Å². The molecule has 0 amide bonds. The maximum atomic E-state index is 8.84. The van der Waals surface area contributed by atoms with Crippen molar-refractivity contribution in [3.8, 4) is 11.8 Å². The van der Waals surface area contributed by atoms with Gasteiger partial charge in [0.25, 0.3) is 0 Å². The van der Waals surface area contributed by atoms with Crippen LogP contribution in [0.2, 0.25) is 5.02 Å². The number of halogens is 1. The van der Waals surface area contributed by atoms with Crippen molar-refractivity contribution in [2.24, 2.45) is 5.73 Å². The molecule has 16 heavy (non-hydrogen) atoms. The molecule has 86 valence electrons. The molecule has 0 aliphatic rings. The number of nitriles is 1. The van der Waals surface area contributed by atoms with Gasteiger partial charge < -0.3 is 10.5 Å². The molecule has 4 heteroatoms. The zero-order valence-electron chi connectivity index (χ0n) is 9.40. The molecule has 0 heterocycles. The number of rotatable bonds is 4. The summed E-state index contributed by atoms with van der Waals surface area (Å²) in [5, 5.41) is 9.45. The van der Waals surface area contributed by atoms with Crippen molar-refractivity contribution in [3.05, 3.63) is 28.8 Å². The Morgan fingerprint density at radius 3 is 2.75 bits per heavy atom.